The molecular formula is C18H15N3O2. The molecule has 0 radical (unpaired) electrons. The molecule has 1 aromatic heterocycles. The zero-order valence-electron chi connectivity index (χ0n) is 12.6. The number of fused-ring (bicyclic) bond motifs is 1. The minimum absolute atomic E-state index is 0.361. The topological polar surface area (TPSA) is 63.6 Å². The van der Waals surface area contributed by atoms with Crippen LogP contribution in [0.15, 0.2) is 65.8 Å². The molecule has 0 saturated heterocycles. The van der Waals surface area contributed by atoms with E-state index in [4.69, 9.17) is 0 Å². The van der Waals surface area contributed by atoms with Gasteiger partial charge in [-0.1, -0.05) is 24.3 Å². The zero-order valence-corrected chi connectivity index (χ0v) is 12.6. The molecule has 0 atom stereocenters. The molecule has 0 unspecified atom stereocenters. The number of hydrogen-bond acceptors (Lipinski definition) is 5. The molecule has 1 heterocycles. The largest absolute Gasteiger partial charge is 0.465 e. The summed E-state index contributed by atoms with van der Waals surface area (Å²) in [6, 6.07) is 18.7. The lowest BCUT2D eigenvalue weighted by Gasteiger charge is -2.02. The number of esters is 1. The molecular weight excluding hydrogens is 290 g/mol. The number of hydrazone groups is 1. The molecule has 0 aliphatic heterocycles. The molecule has 0 saturated carbocycles. The number of rotatable bonds is 4. The summed E-state index contributed by atoms with van der Waals surface area (Å²) in [7, 11) is 1.36. The van der Waals surface area contributed by atoms with Gasteiger partial charge in [-0.15, -0.1) is 0 Å². The fourth-order valence-corrected chi connectivity index (χ4v) is 2.13. The van der Waals surface area contributed by atoms with Crippen molar-refractivity contribution in [3.05, 3.63) is 71.9 Å². The first-order valence-electron chi connectivity index (χ1n) is 7.09. The van der Waals surface area contributed by atoms with Crippen LogP contribution in [0, 0.1) is 0 Å². The predicted molar refractivity (Wildman–Crippen MR) is 90.7 cm³/mol. The molecule has 5 nitrogen and oxygen atoms in total. The van der Waals surface area contributed by atoms with Gasteiger partial charge in [-0.25, -0.2) is 9.78 Å². The highest BCUT2D eigenvalue weighted by Crippen LogP contribution is 2.12. The van der Waals surface area contributed by atoms with Crippen molar-refractivity contribution in [1.82, 2.24) is 4.98 Å². The molecule has 0 aliphatic carbocycles. The van der Waals surface area contributed by atoms with Gasteiger partial charge in [-0.2, -0.15) is 5.10 Å². The first kappa shape index (κ1) is 14.7. The van der Waals surface area contributed by atoms with Crippen molar-refractivity contribution in [2.75, 3.05) is 12.5 Å². The second kappa shape index (κ2) is 6.70. The van der Waals surface area contributed by atoms with E-state index in [1.54, 1.807) is 30.5 Å². The Balaban J connectivity index is 1.69. The van der Waals surface area contributed by atoms with Crippen LogP contribution in [0.1, 0.15) is 16.1 Å². The van der Waals surface area contributed by atoms with E-state index in [0.29, 0.717) is 5.56 Å². The molecule has 1 N–H and O–H groups in total. The lowest BCUT2D eigenvalue weighted by molar-refractivity contribution is 0.0601. The molecule has 0 aliphatic rings. The Morgan fingerprint density at radius 3 is 2.65 bits per heavy atom. The second-order valence-corrected chi connectivity index (χ2v) is 4.87. The summed E-state index contributed by atoms with van der Waals surface area (Å²) in [6.45, 7) is 0. The number of hydrogen-bond donors (Lipinski definition) is 1. The molecule has 3 rings (SSSR count). The monoisotopic (exact) mass is 305 g/mol. The number of nitrogens with zero attached hydrogens (tertiary/aromatic N) is 2. The smallest absolute Gasteiger partial charge is 0.337 e. The molecule has 0 spiro atoms. The lowest BCUT2D eigenvalue weighted by Crippen LogP contribution is -2.00. The minimum atomic E-state index is -0.361. The van der Waals surface area contributed by atoms with E-state index in [1.165, 1.54) is 7.11 Å². The van der Waals surface area contributed by atoms with Gasteiger partial charge in [-0.05, 0) is 36.4 Å². The summed E-state index contributed by atoms with van der Waals surface area (Å²) < 4.78 is 4.65. The maximum absolute atomic E-state index is 11.4. The van der Waals surface area contributed by atoms with Crippen molar-refractivity contribution in [2.45, 2.75) is 0 Å². The summed E-state index contributed by atoms with van der Waals surface area (Å²) in [4.78, 5) is 15.9. The quantitative estimate of drug-likeness (QED) is 0.455. The van der Waals surface area contributed by atoms with Gasteiger partial charge in [0.2, 0.25) is 0 Å². The van der Waals surface area contributed by atoms with Crippen molar-refractivity contribution >= 4 is 28.8 Å². The summed E-state index contributed by atoms with van der Waals surface area (Å²) >= 11 is 0. The Morgan fingerprint density at radius 1 is 1.09 bits per heavy atom. The van der Waals surface area contributed by atoms with Crippen LogP contribution in [0.2, 0.25) is 0 Å². The number of pyridine rings is 1. The zero-order chi connectivity index (χ0) is 16.1. The van der Waals surface area contributed by atoms with Gasteiger partial charge in [0, 0.05) is 5.39 Å². The highest BCUT2D eigenvalue weighted by Gasteiger charge is 2.03. The van der Waals surface area contributed by atoms with Crippen molar-refractivity contribution in [1.29, 1.82) is 0 Å². The summed E-state index contributed by atoms with van der Waals surface area (Å²) in [5, 5.41) is 5.25. The van der Waals surface area contributed by atoms with E-state index < -0.39 is 0 Å². The number of nitrogens with one attached hydrogen (secondary N) is 1. The molecule has 23 heavy (non-hydrogen) atoms. The van der Waals surface area contributed by atoms with Gasteiger partial charge in [-0.3, -0.25) is 5.43 Å². The number of benzene rings is 2. The molecule has 0 bridgehead atoms. The number of anilines is 1. The first-order valence-corrected chi connectivity index (χ1v) is 7.09. The third kappa shape index (κ3) is 3.52. The fraction of sp³-hybridized carbons (Fsp3) is 0.0556. The third-order valence-corrected chi connectivity index (χ3v) is 3.32. The van der Waals surface area contributed by atoms with Gasteiger partial charge in [0.15, 0.2) is 0 Å². The van der Waals surface area contributed by atoms with Crippen LogP contribution >= 0.6 is 0 Å². The Kier molecular flexibility index (Phi) is 4.29. The van der Waals surface area contributed by atoms with Crippen LogP contribution in [-0.4, -0.2) is 24.3 Å². The first-order chi connectivity index (χ1) is 11.3. The average molecular weight is 305 g/mol. The number of methoxy groups -OCH3 is 1. The Bertz CT molecular complexity index is 858. The third-order valence-electron chi connectivity index (χ3n) is 3.32. The maximum Gasteiger partial charge on any atom is 0.337 e. The Hall–Kier alpha value is -3.21. The predicted octanol–water partition coefficient (Wildman–Crippen LogP) is 3.47. The molecule has 0 fully saturated rings. The number of carbonyl (C=O) groups is 1. The van der Waals surface area contributed by atoms with Crippen LogP contribution in [0.5, 0.6) is 0 Å². The highest BCUT2D eigenvalue weighted by atomic mass is 16.5. The van der Waals surface area contributed by atoms with Crippen molar-refractivity contribution in [3.63, 3.8) is 0 Å². The highest BCUT2D eigenvalue weighted by molar-refractivity contribution is 5.89. The van der Waals surface area contributed by atoms with Gasteiger partial charge in [0.25, 0.3) is 0 Å². The van der Waals surface area contributed by atoms with Gasteiger partial charge in [0.1, 0.15) is 0 Å². The van der Waals surface area contributed by atoms with Crippen LogP contribution < -0.4 is 5.43 Å². The van der Waals surface area contributed by atoms with Crippen LogP contribution in [0.25, 0.3) is 10.9 Å². The van der Waals surface area contributed by atoms with E-state index in [1.807, 2.05) is 36.4 Å². The number of para-hydroxylation sites is 1. The molecule has 5 heteroatoms. The van der Waals surface area contributed by atoms with Gasteiger partial charge < -0.3 is 4.74 Å². The van der Waals surface area contributed by atoms with E-state index in [2.05, 4.69) is 20.2 Å². The Morgan fingerprint density at radius 2 is 1.87 bits per heavy atom. The maximum atomic E-state index is 11.4. The molecule has 2 aromatic carbocycles. The van der Waals surface area contributed by atoms with Gasteiger partial charge >= 0.3 is 5.97 Å². The van der Waals surface area contributed by atoms with Gasteiger partial charge in [0.05, 0.1) is 35.8 Å². The van der Waals surface area contributed by atoms with Crippen LogP contribution in [0.4, 0.5) is 5.69 Å². The minimum Gasteiger partial charge on any atom is -0.465 e. The molecule has 114 valence electrons. The van der Waals surface area contributed by atoms with Crippen LogP contribution in [0.3, 0.4) is 0 Å². The van der Waals surface area contributed by atoms with E-state index >= 15 is 0 Å². The summed E-state index contributed by atoms with van der Waals surface area (Å²) in [6.07, 6.45) is 1.65. The summed E-state index contributed by atoms with van der Waals surface area (Å²) in [5.74, 6) is -0.361. The van der Waals surface area contributed by atoms with Crippen molar-refractivity contribution in [2.24, 2.45) is 5.10 Å². The van der Waals surface area contributed by atoms with E-state index in [0.717, 1.165) is 22.3 Å². The Labute approximate surface area is 133 Å². The summed E-state index contributed by atoms with van der Waals surface area (Å²) in [5.41, 5.74) is 5.87. The van der Waals surface area contributed by atoms with E-state index in [-0.39, 0.29) is 5.97 Å². The van der Waals surface area contributed by atoms with Crippen molar-refractivity contribution < 1.29 is 9.53 Å². The van der Waals surface area contributed by atoms with E-state index in [9.17, 15) is 4.79 Å². The normalized spacial score (nSPS) is 10.8. The number of aromatic nitrogens is 1. The lowest BCUT2D eigenvalue weighted by atomic mass is 10.2. The average Bonchev–Trinajstić information content (AvgIpc) is 2.61. The number of carbonyl (C=O) groups excluding carboxylic acids is 1. The van der Waals surface area contributed by atoms with Crippen molar-refractivity contribution in [3.8, 4) is 0 Å². The van der Waals surface area contributed by atoms with Crippen LogP contribution in [-0.2, 0) is 4.74 Å². The standard InChI is InChI=1S/C18H15N3O2/c1-23-18(22)14-7-9-15(10-8-14)21-19-12-16-11-6-13-4-2-3-5-17(13)20-16/h2-12,21H,1H3/b19-12+. The molecule has 3 aromatic rings. The fourth-order valence-electron chi connectivity index (χ4n) is 2.13. The SMILES string of the molecule is COC(=O)c1ccc(N/N=C/c2ccc3ccccc3n2)cc1. The molecule has 0 amide bonds. The number of ether oxygens (including phenoxy) is 1. The second-order valence-electron chi connectivity index (χ2n) is 4.87.